The highest BCUT2D eigenvalue weighted by Gasteiger charge is 2.15. The Morgan fingerprint density at radius 1 is 1.19 bits per heavy atom. The molecule has 0 N–H and O–H groups in total. The van der Waals surface area contributed by atoms with Gasteiger partial charge in [0.1, 0.15) is 0 Å². The number of nitro groups is 1. The molecule has 1 aliphatic heterocycles. The zero-order chi connectivity index (χ0) is 14.7. The predicted molar refractivity (Wildman–Crippen MR) is 80.0 cm³/mol. The zero-order valence-corrected chi connectivity index (χ0v) is 11.7. The quantitative estimate of drug-likeness (QED) is 0.639. The minimum atomic E-state index is -0.362. The van der Waals surface area contributed by atoms with Crippen molar-refractivity contribution < 1.29 is 4.92 Å². The van der Waals surface area contributed by atoms with Gasteiger partial charge in [-0.1, -0.05) is 12.1 Å². The summed E-state index contributed by atoms with van der Waals surface area (Å²) in [5, 5.41) is 10.6. The number of nitrogens with zero attached hydrogens (tertiary/aromatic N) is 3. The molecule has 0 spiro atoms. The van der Waals surface area contributed by atoms with Crippen LogP contribution in [-0.2, 0) is 19.4 Å². The van der Waals surface area contributed by atoms with Crippen LogP contribution < -0.4 is 0 Å². The highest BCUT2D eigenvalue weighted by atomic mass is 16.6. The van der Waals surface area contributed by atoms with Crippen LogP contribution in [0.1, 0.15) is 16.7 Å². The van der Waals surface area contributed by atoms with Gasteiger partial charge in [-0.05, 0) is 35.6 Å². The molecule has 2 heterocycles. The van der Waals surface area contributed by atoms with Gasteiger partial charge in [0.05, 0.1) is 4.92 Å². The number of hydrogen-bond acceptors (Lipinski definition) is 4. The van der Waals surface area contributed by atoms with Crippen molar-refractivity contribution in [1.82, 2.24) is 9.88 Å². The molecular weight excluding hydrogens is 266 g/mol. The second-order valence-corrected chi connectivity index (χ2v) is 5.34. The van der Waals surface area contributed by atoms with Crippen molar-refractivity contribution in [2.75, 3.05) is 13.1 Å². The number of pyridine rings is 1. The maximum Gasteiger partial charge on any atom is 0.269 e. The van der Waals surface area contributed by atoms with Gasteiger partial charge in [0.15, 0.2) is 0 Å². The molecule has 0 amide bonds. The Labute approximate surface area is 123 Å². The Kier molecular flexibility index (Phi) is 3.92. The van der Waals surface area contributed by atoms with Gasteiger partial charge in [0, 0.05) is 44.2 Å². The van der Waals surface area contributed by atoms with Gasteiger partial charge in [0.2, 0.25) is 0 Å². The average molecular weight is 283 g/mol. The lowest BCUT2D eigenvalue weighted by Crippen LogP contribution is -2.32. The predicted octanol–water partition coefficient (Wildman–Crippen LogP) is 2.59. The van der Waals surface area contributed by atoms with Crippen LogP contribution in [0.15, 0.2) is 42.7 Å². The molecule has 1 aromatic heterocycles. The maximum atomic E-state index is 10.6. The van der Waals surface area contributed by atoms with Gasteiger partial charge in [0.25, 0.3) is 5.69 Å². The normalized spacial score (nSPS) is 14.7. The third-order valence-electron chi connectivity index (χ3n) is 3.96. The summed E-state index contributed by atoms with van der Waals surface area (Å²) in [6.45, 7) is 2.98. The fourth-order valence-corrected chi connectivity index (χ4v) is 2.70. The highest BCUT2D eigenvalue weighted by molar-refractivity contribution is 5.33. The molecule has 5 nitrogen and oxygen atoms in total. The summed E-state index contributed by atoms with van der Waals surface area (Å²) in [6, 6.07) is 8.94. The van der Waals surface area contributed by atoms with Gasteiger partial charge >= 0.3 is 0 Å². The van der Waals surface area contributed by atoms with Gasteiger partial charge in [-0.2, -0.15) is 0 Å². The molecule has 2 aromatic rings. The summed E-state index contributed by atoms with van der Waals surface area (Å²) in [6.07, 6.45) is 5.77. The number of hydrogen-bond donors (Lipinski definition) is 0. The van der Waals surface area contributed by atoms with Crippen LogP contribution in [0.2, 0.25) is 0 Å². The van der Waals surface area contributed by atoms with Crippen molar-refractivity contribution in [2.24, 2.45) is 0 Å². The Morgan fingerprint density at radius 2 is 2.00 bits per heavy atom. The Bertz CT molecular complexity index is 640. The van der Waals surface area contributed by atoms with E-state index in [2.05, 4.69) is 16.0 Å². The van der Waals surface area contributed by atoms with Gasteiger partial charge in [-0.3, -0.25) is 20.0 Å². The monoisotopic (exact) mass is 283 g/mol. The molecule has 0 radical (unpaired) electrons. The molecule has 0 aliphatic carbocycles. The van der Waals surface area contributed by atoms with Crippen LogP contribution in [0.4, 0.5) is 5.69 Å². The number of rotatable bonds is 4. The number of nitro benzene ring substituents is 1. The lowest BCUT2D eigenvalue weighted by Gasteiger charge is -2.28. The number of fused-ring (bicyclic) bond motifs is 1. The minimum Gasteiger partial charge on any atom is -0.298 e. The summed E-state index contributed by atoms with van der Waals surface area (Å²) >= 11 is 0. The molecule has 1 aromatic carbocycles. The molecule has 0 fully saturated rings. The van der Waals surface area contributed by atoms with Crippen molar-refractivity contribution in [3.8, 4) is 0 Å². The first-order chi connectivity index (χ1) is 10.2. The van der Waals surface area contributed by atoms with E-state index >= 15 is 0 Å². The van der Waals surface area contributed by atoms with Gasteiger partial charge in [-0.15, -0.1) is 0 Å². The van der Waals surface area contributed by atoms with E-state index in [0.717, 1.165) is 38.0 Å². The Balaban J connectivity index is 1.57. The van der Waals surface area contributed by atoms with Gasteiger partial charge < -0.3 is 0 Å². The molecule has 21 heavy (non-hydrogen) atoms. The van der Waals surface area contributed by atoms with Crippen LogP contribution in [0.25, 0.3) is 0 Å². The first-order valence-electron chi connectivity index (χ1n) is 7.10. The summed E-state index contributed by atoms with van der Waals surface area (Å²) in [5.41, 5.74) is 4.00. The lowest BCUT2D eigenvalue weighted by atomic mass is 10.0. The lowest BCUT2D eigenvalue weighted by molar-refractivity contribution is -0.384. The largest absolute Gasteiger partial charge is 0.298 e. The van der Waals surface area contributed by atoms with E-state index in [9.17, 15) is 10.1 Å². The van der Waals surface area contributed by atoms with E-state index in [0.29, 0.717) is 0 Å². The zero-order valence-electron chi connectivity index (χ0n) is 11.7. The van der Waals surface area contributed by atoms with Crippen LogP contribution in [0, 0.1) is 10.1 Å². The fraction of sp³-hybridized carbons (Fsp3) is 0.312. The smallest absolute Gasteiger partial charge is 0.269 e. The second kappa shape index (κ2) is 6.01. The molecule has 3 rings (SSSR count). The van der Waals surface area contributed by atoms with Crippen molar-refractivity contribution in [3.63, 3.8) is 0 Å². The van der Waals surface area contributed by atoms with Crippen molar-refractivity contribution >= 4 is 5.69 Å². The van der Waals surface area contributed by atoms with Crippen LogP contribution in [0.3, 0.4) is 0 Å². The first kappa shape index (κ1) is 13.7. The van der Waals surface area contributed by atoms with E-state index in [1.165, 1.54) is 11.1 Å². The van der Waals surface area contributed by atoms with E-state index in [-0.39, 0.29) is 10.6 Å². The average Bonchev–Trinajstić information content (AvgIpc) is 2.53. The maximum absolute atomic E-state index is 10.6. The molecule has 5 heteroatoms. The van der Waals surface area contributed by atoms with E-state index in [1.54, 1.807) is 12.1 Å². The molecule has 0 bridgehead atoms. The van der Waals surface area contributed by atoms with Crippen molar-refractivity contribution in [1.29, 1.82) is 0 Å². The third-order valence-corrected chi connectivity index (χ3v) is 3.96. The summed E-state index contributed by atoms with van der Waals surface area (Å²) < 4.78 is 0. The molecule has 0 atom stereocenters. The second-order valence-electron chi connectivity index (χ2n) is 5.34. The highest BCUT2D eigenvalue weighted by Crippen LogP contribution is 2.18. The summed E-state index contributed by atoms with van der Waals surface area (Å²) in [7, 11) is 0. The first-order valence-corrected chi connectivity index (χ1v) is 7.10. The summed E-state index contributed by atoms with van der Waals surface area (Å²) in [5.74, 6) is 0. The van der Waals surface area contributed by atoms with Crippen LogP contribution in [0.5, 0.6) is 0 Å². The summed E-state index contributed by atoms with van der Waals surface area (Å²) in [4.78, 5) is 16.9. The molecule has 108 valence electrons. The molecule has 0 unspecified atom stereocenters. The van der Waals surface area contributed by atoms with E-state index in [1.807, 2.05) is 24.5 Å². The molecular formula is C16H17N3O2. The molecule has 0 saturated carbocycles. The Hall–Kier alpha value is -2.27. The number of benzene rings is 1. The fourth-order valence-electron chi connectivity index (χ4n) is 2.70. The Morgan fingerprint density at radius 3 is 2.76 bits per heavy atom. The SMILES string of the molecule is O=[N+]([O-])c1ccc(CCN2CCc3cnccc3C2)cc1. The standard InChI is InChI=1S/C16H17N3O2/c20-19(21)16-3-1-13(2-4-16)6-9-18-10-7-14-11-17-8-5-15(14)12-18/h1-5,8,11H,6-7,9-10,12H2. The number of aromatic nitrogens is 1. The van der Waals surface area contributed by atoms with Gasteiger partial charge in [-0.25, -0.2) is 0 Å². The van der Waals surface area contributed by atoms with Crippen LogP contribution >= 0.6 is 0 Å². The van der Waals surface area contributed by atoms with E-state index in [4.69, 9.17) is 0 Å². The third kappa shape index (κ3) is 3.25. The van der Waals surface area contributed by atoms with E-state index < -0.39 is 0 Å². The molecule has 1 aliphatic rings. The molecule has 0 saturated heterocycles. The van der Waals surface area contributed by atoms with Crippen LogP contribution in [-0.4, -0.2) is 27.9 Å². The topological polar surface area (TPSA) is 59.3 Å². The minimum absolute atomic E-state index is 0.151. The van der Waals surface area contributed by atoms with Crippen molar-refractivity contribution in [3.05, 3.63) is 69.5 Å². The van der Waals surface area contributed by atoms with Crippen molar-refractivity contribution in [2.45, 2.75) is 19.4 Å². The number of non-ortho nitro benzene ring substituents is 1.